The molecule has 0 fully saturated rings. The van der Waals surface area contributed by atoms with Gasteiger partial charge in [0, 0.05) is 23.6 Å². The number of fused-ring (bicyclic) bond motifs is 2. The third-order valence-electron chi connectivity index (χ3n) is 4.60. The zero-order chi connectivity index (χ0) is 19.1. The molecule has 0 radical (unpaired) electrons. The van der Waals surface area contributed by atoms with Crippen molar-refractivity contribution < 1.29 is 4.79 Å². The minimum absolute atomic E-state index is 0.197. The molecule has 0 saturated heterocycles. The lowest BCUT2D eigenvalue weighted by atomic mass is 10.1. The number of hydrogen-bond acceptors (Lipinski definition) is 4. The van der Waals surface area contributed by atoms with E-state index in [4.69, 9.17) is 4.98 Å². The molecular formula is C22H16N4OS. The number of aromatic nitrogens is 3. The van der Waals surface area contributed by atoms with Crippen molar-refractivity contribution in [2.45, 2.75) is 6.92 Å². The highest BCUT2D eigenvalue weighted by Crippen LogP contribution is 2.24. The summed E-state index contributed by atoms with van der Waals surface area (Å²) in [4.78, 5) is 21.6. The molecule has 0 saturated carbocycles. The molecule has 0 bridgehead atoms. The molecule has 0 spiro atoms. The highest BCUT2D eigenvalue weighted by atomic mass is 32.1. The molecule has 5 nitrogen and oxygen atoms in total. The quantitative estimate of drug-likeness (QED) is 0.467. The van der Waals surface area contributed by atoms with Crippen molar-refractivity contribution >= 4 is 38.8 Å². The molecule has 28 heavy (non-hydrogen) atoms. The van der Waals surface area contributed by atoms with Crippen LogP contribution < -0.4 is 5.32 Å². The third-order valence-corrected chi connectivity index (χ3v) is 5.64. The SMILES string of the molecule is Cc1cccn2cc(-c3ccc(NC(=O)c4nc5ccccc5s4)cc3)nc12. The van der Waals surface area contributed by atoms with Crippen LogP contribution in [-0.2, 0) is 0 Å². The number of pyridine rings is 1. The number of thiazole rings is 1. The predicted octanol–water partition coefficient (Wildman–Crippen LogP) is 5.17. The van der Waals surface area contributed by atoms with E-state index in [1.807, 2.05) is 84.4 Å². The van der Waals surface area contributed by atoms with Gasteiger partial charge >= 0.3 is 0 Å². The van der Waals surface area contributed by atoms with Crippen LogP contribution in [0.15, 0.2) is 73.1 Å². The summed E-state index contributed by atoms with van der Waals surface area (Å²) in [6, 6.07) is 19.5. The number of anilines is 1. The first-order valence-corrected chi connectivity index (χ1v) is 9.71. The maximum absolute atomic E-state index is 12.5. The van der Waals surface area contributed by atoms with Crippen LogP contribution in [0.4, 0.5) is 5.69 Å². The summed E-state index contributed by atoms with van der Waals surface area (Å²) in [5, 5.41) is 3.38. The summed E-state index contributed by atoms with van der Waals surface area (Å²) < 4.78 is 3.03. The molecule has 1 N–H and O–H groups in total. The van der Waals surface area contributed by atoms with Gasteiger partial charge in [-0.1, -0.05) is 30.3 Å². The lowest BCUT2D eigenvalue weighted by Gasteiger charge is -2.04. The Bertz CT molecular complexity index is 1280. The minimum atomic E-state index is -0.197. The van der Waals surface area contributed by atoms with Gasteiger partial charge in [-0.05, 0) is 42.8 Å². The van der Waals surface area contributed by atoms with Gasteiger partial charge in [0.1, 0.15) is 5.65 Å². The zero-order valence-corrected chi connectivity index (χ0v) is 15.9. The Morgan fingerprint density at radius 1 is 1.00 bits per heavy atom. The van der Waals surface area contributed by atoms with Crippen LogP contribution in [0.5, 0.6) is 0 Å². The van der Waals surface area contributed by atoms with E-state index in [0.29, 0.717) is 5.01 Å². The van der Waals surface area contributed by atoms with Gasteiger partial charge in [-0.25, -0.2) is 9.97 Å². The van der Waals surface area contributed by atoms with Crippen LogP contribution in [-0.4, -0.2) is 20.3 Å². The molecule has 6 heteroatoms. The van der Waals surface area contributed by atoms with Crippen LogP contribution in [0, 0.1) is 6.92 Å². The van der Waals surface area contributed by atoms with E-state index in [1.165, 1.54) is 11.3 Å². The molecule has 3 heterocycles. The Labute approximate surface area is 165 Å². The maximum Gasteiger partial charge on any atom is 0.284 e. The van der Waals surface area contributed by atoms with Crippen molar-refractivity contribution in [3.05, 3.63) is 83.6 Å². The highest BCUT2D eigenvalue weighted by Gasteiger charge is 2.13. The summed E-state index contributed by atoms with van der Waals surface area (Å²) in [6.45, 7) is 2.05. The Morgan fingerprint density at radius 2 is 1.82 bits per heavy atom. The fourth-order valence-electron chi connectivity index (χ4n) is 3.17. The van der Waals surface area contributed by atoms with Crippen LogP contribution in [0.1, 0.15) is 15.4 Å². The Hall–Kier alpha value is -3.51. The number of benzene rings is 2. The summed E-state index contributed by atoms with van der Waals surface area (Å²) in [5.41, 5.74) is 5.56. The first-order chi connectivity index (χ1) is 13.7. The maximum atomic E-state index is 12.5. The predicted molar refractivity (Wildman–Crippen MR) is 113 cm³/mol. The summed E-state index contributed by atoms with van der Waals surface area (Å²) in [6.07, 6.45) is 4.00. The Kier molecular flexibility index (Phi) is 3.91. The second-order valence-corrected chi connectivity index (χ2v) is 7.60. The van der Waals surface area contributed by atoms with Crippen LogP contribution >= 0.6 is 11.3 Å². The first kappa shape index (κ1) is 16.6. The number of para-hydroxylation sites is 1. The Morgan fingerprint density at radius 3 is 2.61 bits per heavy atom. The average molecular weight is 384 g/mol. The van der Waals surface area contributed by atoms with Gasteiger partial charge in [0.25, 0.3) is 5.91 Å². The van der Waals surface area contributed by atoms with E-state index in [9.17, 15) is 4.79 Å². The molecule has 0 aliphatic heterocycles. The monoisotopic (exact) mass is 384 g/mol. The molecule has 5 aromatic rings. The number of hydrogen-bond donors (Lipinski definition) is 1. The molecule has 3 aromatic heterocycles. The largest absolute Gasteiger partial charge is 0.320 e. The van der Waals surface area contributed by atoms with Crippen LogP contribution in [0.3, 0.4) is 0 Å². The smallest absolute Gasteiger partial charge is 0.284 e. The number of nitrogens with one attached hydrogen (secondary N) is 1. The molecule has 136 valence electrons. The molecule has 0 atom stereocenters. The summed E-state index contributed by atoms with van der Waals surface area (Å²) >= 11 is 1.39. The van der Waals surface area contributed by atoms with Crippen LogP contribution in [0.25, 0.3) is 27.1 Å². The van der Waals surface area contributed by atoms with Crippen molar-refractivity contribution in [3.8, 4) is 11.3 Å². The van der Waals surface area contributed by atoms with E-state index in [-0.39, 0.29) is 5.91 Å². The number of amides is 1. The fourth-order valence-corrected chi connectivity index (χ4v) is 4.03. The summed E-state index contributed by atoms with van der Waals surface area (Å²) in [5.74, 6) is -0.197. The highest BCUT2D eigenvalue weighted by molar-refractivity contribution is 7.20. The number of carbonyl (C=O) groups excluding carboxylic acids is 1. The van der Waals surface area contributed by atoms with Gasteiger partial charge in [0.05, 0.1) is 15.9 Å². The van der Waals surface area contributed by atoms with Crippen LogP contribution in [0.2, 0.25) is 0 Å². The van der Waals surface area contributed by atoms with E-state index in [2.05, 4.69) is 10.3 Å². The molecule has 2 aromatic carbocycles. The number of carbonyl (C=O) groups is 1. The second-order valence-electron chi connectivity index (χ2n) is 6.57. The lowest BCUT2D eigenvalue weighted by Crippen LogP contribution is -2.11. The topological polar surface area (TPSA) is 59.3 Å². The van der Waals surface area contributed by atoms with E-state index in [0.717, 1.165) is 38.4 Å². The average Bonchev–Trinajstić information content (AvgIpc) is 3.34. The second kappa shape index (κ2) is 6.58. The molecule has 0 aliphatic carbocycles. The summed E-state index contributed by atoms with van der Waals surface area (Å²) in [7, 11) is 0. The first-order valence-electron chi connectivity index (χ1n) is 8.89. The fraction of sp³-hybridized carbons (Fsp3) is 0.0455. The third kappa shape index (κ3) is 2.93. The van der Waals surface area contributed by atoms with Crippen molar-refractivity contribution in [2.24, 2.45) is 0 Å². The van der Waals surface area contributed by atoms with Gasteiger partial charge in [-0.15, -0.1) is 11.3 Å². The molecule has 1 amide bonds. The standard InChI is InChI=1S/C22H16N4OS/c1-14-5-4-12-26-13-18(24-20(14)26)15-8-10-16(11-9-15)23-21(27)22-25-17-6-2-3-7-19(17)28-22/h2-13H,1H3,(H,23,27). The van der Waals surface area contributed by atoms with Crippen molar-refractivity contribution in [2.75, 3.05) is 5.32 Å². The Balaban J connectivity index is 1.38. The van der Waals surface area contributed by atoms with E-state index >= 15 is 0 Å². The lowest BCUT2D eigenvalue weighted by molar-refractivity contribution is 0.102. The van der Waals surface area contributed by atoms with Crippen molar-refractivity contribution in [3.63, 3.8) is 0 Å². The van der Waals surface area contributed by atoms with Crippen molar-refractivity contribution in [1.29, 1.82) is 0 Å². The zero-order valence-electron chi connectivity index (χ0n) is 15.1. The molecule has 5 rings (SSSR count). The van der Waals surface area contributed by atoms with Gasteiger partial charge < -0.3 is 9.72 Å². The minimum Gasteiger partial charge on any atom is -0.320 e. The number of nitrogens with zero attached hydrogens (tertiary/aromatic N) is 3. The number of rotatable bonds is 3. The van der Waals surface area contributed by atoms with Crippen molar-refractivity contribution in [1.82, 2.24) is 14.4 Å². The van der Waals surface area contributed by atoms with Gasteiger partial charge in [-0.2, -0.15) is 0 Å². The molecule has 0 aliphatic rings. The number of aryl methyl sites for hydroxylation is 1. The van der Waals surface area contributed by atoms with Gasteiger partial charge in [0.2, 0.25) is 0 Å². The molecular weight excluding hydrogens is 368 g/mol. The van der Waals surface area contributed by atoms with Gasteiger partial charge in [-0.3, -0.25) is 4.79 Å². The van der Waals surface area contributed by atoms with E-state index in [1.54, 1.807) is 0 Å². The molecule has 0 unspecified atom stereocenters. The van der Waals surface area contributed by atoms with Gasteiger partial charge in [0.15, 0.2) is 5.01 Å². The van der Waals surface area contributed by atoms with E-state index < -0.39 is 0 Å². The normalized spacial score (nSPS) is 11.2. The number of imidazole rings is 1.